The molecule has 0 aliphatic heterocycles. The van der Waals surface area contributed by atoms with Gasteiger partial charge in [0.2, 0.25) is 5.91 Å². The number of halogens is 1. The van der Waals surface area contributed by atoms with Crippen LogP contribution in [0.2, 0.25) is 5.02 Å². The maximum atomic E-state index is 11.3. The van der Waals surface area contributed by atoms with Crippen molar-refractivity contribution in [3.63, 3.8) is 0 Å². The summed E-state index contributed by atoms with van der Waals surface area (Å²) in [5, 5.41) is 3.34. The number of nitrogens with two attached hydrogens (primary N) is 1. The van der Waals surface area contributed by atoms with Crippen molar-refractivity contribution < 1.29 is 4.79 Å². The molecule has 14 heavy (non-hydrogen) atoms. The van der Waals surface area contributed by atoms with E-state index in [2.05, 4.69) is 5.32 Å². The maximum Gasteiger partial charge on any atom is 0.224 e. The van der Waals surface area contributed by atoms with Gasteiger partial charge in [-0.3, -0.25) is 4.79 Å². The Labute approximate surface area is 88.2 Å². The maximum absolute atomic E-state index is 11.3. The standard InChI is InChI=1S/C10H13ClN2O/c11-9-3-1-2-8(6-9)7-10(14)13-5-4-12/h1-3,6H,4-5,7,12H2,(H,13,14). The molecule has 0 aliphatic carbocycles. The molecular weight excluding hydrogens is 200 g/mol. The van der Waals surface area contributed by atoms with Gasteiger partial charge in [-0.25, -0.2) is 0 Å². The summed E-state index contributed by atoms with van der Waals surface area (Å²) < 4.78 is 0. The zero-order valence-electron chi connectivity index (χ0n) is 7.79. The van der Waals surface area contributed by atoms with Crippen molar-refractivity contribution >= 4 is 17.5 Å². The molecule has 1 aromatic rings. The number of carbonyl (C=O) groups is 1. The van der Waals surface area contributed by atoms with Crippen molar-refractivity contribution in [2.24, 2.45) is 5.73 Å². The molecule has 1 amide bonds. The van der Waals surface area contributed by atoms with Crippen LogP contribution < -0.4 is 11.1 Å². The van der Waals surface area contributed by atoms with Crippen molar-refractivity contribution in [3.05, 3.63) is 34.9 Å². The Morgan fingerprint density at radius 1 is 1.50 bits per heavy atom. The van der Waals surface area contributed by atoms with Gasteiger partial charge in [0.15, 0.2) is 0 Å². The molecule has 1 rings (SSSR count). The van der Waals surface area contributed by atoms with Crippen LogP contribution in [0.15, 0.2) is 24.3 Å². The van der Waals surface area contributed by atoms with Crippen LogP contribution in [0.4, 0.5) is 0 Å². The van der Waals surface area contributed by atoms with E-state index in [0.29, 0.717) is 24.5 Å². The van der Waals surface area contributed by atoms with Crippen LogP contribution in [0, 0.1) is 0 Å². The van der Waals surface area contributed by atoms with Gasteiger partial charge in [0, 0.05) is 18.1 Å². The quantitative estimate of drug-likeness (QED) is 0.781. The summed E-state index contributed by atoms with van der Waals surface area (Å²) in [7, 11) is 0. The second-order valence-corrected chi connectivity index (χ2v) is 3.38. The van der Waals surface area contributed by atoms with Gasteiger partial charge < -0.3 is 11.1 Å². The molecule has 0 spiro atoms. The Morgan fingerprint density at radius 2 is 2.29 bits per heavy atom. The highest BCUT2D eigenvalue weighted by Gasteiger charge is 2.02. The van der Waals surface area contributed by atoms with Crippen molar-refractivity contribution in [3.8, 4) is 0 Å². The molecule has 0 saturated heterocycles. The van der Waals surface area contributed by atoms with Gasteiger partial charge in [-0.1, -0.05) is 23.7 Å². The Hall–Kier alpha value is -1.06. The number of benzene rings is 1. The van der Waals surface area contributed by atoms with E-state index >= 15 is 0 Å². The van der Waals surface area contributed by atoms with Crippen LogP contribution >= 0.6 is 11.6 Å². The molecule has 0 saturated carbocycles. The zero-order chi connectivity index (χ0) is 10.4. The minimum atomic E-state index is -0.0299. The summed E-state index contributed by atoms with van der Waals surface area (Å²) in [6, 6.07) is 7.26. The first-order chi connectivity index (χ1) is 6.72. The Kier molecular flexibility index (Phi) is 4.43. The molecule has 0 unspecified atom stereocenters. The summed E-state index contributed by atoms with van der Waals surface area (Å²) in [5.74, 6) is -0.0299. The van der Waals surface area contributed by atoms with Gasteiger partial charge in [-0.15, -0.1) is 0 Å². The molecule has 0 aromatic heterocycles. The average molecular weight is 213 g/mol. The van der Waals surface area contributed by atoms with Crippen LogP contribution in [0.5, 0.6) is 0 Å². The minimum absolute atomic E-state index is 0.0299. The predicted molar refractivity (Wildman–Crippen MR) is 57.2 cm³/mol. The lowest BCUT2D eigenvalue weighted by Crippen LogP contribution is -2.30. The lowest BCUT2D eigenvalue weighted by atomic mass is 10.1. The predicted octanol–water partition coefficient (Wildman–Crippen LogP) is 0.957. The van der Waals surface area contributed by atoms with Gasteiger partial charge in [0.25, 0.3) is 0 Å². The molecular formula is C10H13ClN2O. The first-order valence-electron chi connectivity index (χ1n) is 4.43. The number of rotatable bonds is 4. The van der Waals surface area contributed by atoms with E-state index < -0.39 is 0 Å². The topological polar surface area (TPSA) is 55.1 Å². The average Bonchev–Trinajstić information content (AvgIpc) is 2.15. The molecule has 0 fully saturated rings. The van der Waals surface area contributed by atoms with E-state index in [0.717, 1.165) is 5.56 Å². The van der Waals surface area contributed by atoms with E-state index in [9.17, 15) is 4.79 Å². The fraction of sp³-hybridized carbons (Fsp3) is 0.300. The minimum Gasteiger partial charge on any atom is -0.355 e. The van der Waals surface area contributed by atoms with Crippen LogP contribution in [0.1, 0.15) is 5.56 Å². The van der Waals surface area contributed by atoms with Crippen molar-refractivity contribution in [2.45, 2.75) is 6.42 Å². The number of carbonyl (C=O) groups excluding carboxylic acids is 1. The molecule has 3 N–H and O–H groups in total. The zero-order valence-corrected chi connectivity index (χ0v) is 8.55. The first kappa shape index (κ1) is 11.0. The van der Waals surface area contributed by atoms with E-state index in [1.165, 1.54) is 0 Å². The summed E-state index contributed by atoms with van der Waals surface area (Å²) in [6.45, 7) is 0.973. The third kappa shape index (κ3) is 3.77. The number of amides is 1. The smallest absolute Gasteiger partial charge is 0.224 e. The largest absolute Gasteiger partial charge is 0.355 e. The molecule has 0 aliphatic rings. The molecule has 1 aromatic carbocycles. The summed E-state index contributed by atoms with van der Waals surface area (Å²) in [4.78, 5) is 11.3. The van der Waals surface area contributed by atoms with E-state index in [1.54, 1.807) is 12.1 Å². The second-order valence-electron chi connectivity index (χ2n) is 2.95. The molecule has 0 heterocycles. The van der Waals surface area contributed by atoms with Gasteiger partial charge in [-0.05, 0) is 17.7 Å². The highest BCUT2D eigenvalue weighted by molar-refractivity contribution is 6.30. The van der Waals surface area contributed by atoms with E-state index in [4.69, 9.17) is 17.3 Å². The molecule has 3 nitrogen and oxygen atoms in total. The van der Waals surface area contributed by atoms with Gasteiger partial charge in [-0.2, -0.15) is 0 Å². The highest BCUT2D eigenvalue weighted by Crippen LogP contribution is 2.10. The third-order valence-corrected chi connectivity index (χ3v) is 1.96. The van der Waals surface area contributed by atoms with Crippen LogP contribution in [-0.4, -0.2) is 19.0 Å². The van der Waals surface area contributed by atoms with Crippen LogP contribution in [0.25, 0.3) is 0 Å². The number of hydrogen-bond acceptors (Lipinski definition) is 2. The Morgan fingerprint density at radius 3 is 2.93 bits per heavy atom. The molecule has 4 heteroatoms. The lowest BCUT2D eigenvalue weighted by molar-refractivity contribution is -0.120. The number of nitrogens with one attached hydrogen (secondary N) is 1. The Bertz CT molecular complexity index is 315. The van der Waals surface area contributed by atoms with Gasteiger partial charge in [0.1, 0.15) is 0 Å². The van der Waals surface area contributed by atoms with Crippen LogP contribution in [-0.2, 0) is 11.2 Å². The van der Waals surface area contributed by atoms with Crippen molar-refractivity contribution in [1.29, 1.82) is 0 Å². The van der Waals surface area contributed by atoms with E-state index in [-0.39, 0.29) is 5.91 Å². The summed E-state index contributed by atoms with van der Waals surface area (Å²) in [6.07, 6.45) is 0.348. The molecule has 0 atom stereocenters. The molecule has 0 radical (unpaired) electrons. The van der Waals surface area contributed by atoms with Crippen molar-refractivity contribution in [2.75, 3.05) is 13.1 Å². The molecule has 76 valence electrons. The lowest BCUT2D eigenvalue weighted by Gasteiger charge is -2.03. The van der Waals surface area contributed by atoms with Crippen molar-refractivity contribution in [1.82, 2.24) is 5.32 Å². The SMILES string of the molecule is NCCNC(=O)Cc1cccc(Cl)c1. The fourth-order valence-electron chi connectivity index (χ4n) is 1.11. The summed E-state index contributed by atoms with van der Waals surface area (Å²) >= 11 is 5.78. The van der Waals surface area contributed by atoms with Crippen LogP contribution in [0.3, 0.4) is 0 Å². The monoisotopic (exact) mass is 212 g/mol. The fourth-order valence-corrected chi connectivity index (χ4v) is 1.32. The number of hydrogen-bond donors (Lipinski definition) is 2. The Balaban J connectivity index is 2.47. The normalized spacial score (nSPS) is 9.86. The first-order valence-corrected chi connectivity index (χ1v) is 4.81. The second kappa shape index (κ2) is 5.62. The molecule has 0 bridgehead atoms. The summed E-state index contributed by atoms with van der Waals surface area (Å²) in [5.41, 5.74) is 6.17. The third-order valence-electron chi connectivity index (χ3n) is 1.72. The highest BCUT2D eigenvalue weighted by atomic mass is 35.5. The van der Waals surface area contributed by atoms with Gasteiger partial charge in [0.05, 0.1) is 6.42 Å². The van der Waals surface area contributed by atoms with Gasteiger partial charge >= 0.3 is 0 Å². The van der Waals surface area contributed by atoms with E-state index in [1.807, 2.05) is 12.1 Å².